The number of hydrogen-bond donors (Lipinski definition) is 3. The first-order valence-corrected chi connectivity index (χ1v) is 25.4. The monoisotopic (exact) mass is 865 g/mol. The van der Waals surface area contributed by atoms with Gasteiger partial charge in [-0.05, 0) is 83.5 Å². The normalized spacial score (nSPS) is 14.6. The molecule has 0 rings (SSSR count). The van der Waals surface area contributed by atoms with E-state index < -0.39 is 39.2 Å². The van der Waals surface area contributed by atoms with Crippen molar-refractivity contribution in [2.24, 2.45) is 0 Å². The molecule has 0 aromatic rings. The Kier molecular flexibility index (Phi) is 44.8. The SMILES string of the molecule is CC/C=C\C/C=C\C/C=C\C/C=C\CCCCCCCCC(=O)OC(COCCCCCCCCCCCC/C=C\C/C=C\CCCCC)COP(=O)(O)OCC(O)CO. The summed E-state index contributed by atoms with van der Waals surface area (Å²) in [6, 6.07) is 0. The highest BCUT2D eigenvalue weighted by Crippen LogP contribution is 2.43. The lowest BCUT2D eigenvalue weighted by Crippen LogP contribution is -2.29. The smallest absolute Gasteiger partial charge is 0.457 e. The maximum absolute atomic E-state index is 12.7. The fourth-order valence-electron chi connectivity index (χ4n) is 6.26. The van der Waals surface area contributed by atoms with Crippen LogP contribution in [0, 0.1) is 0 Å². The van der Waals surface area contributed by atoms with Gasteiger partial charge in [0.25, 0.3) is 0 Å². The van der Waals surface area contributed by atoms with Gasteiger partial charge in [0.05, 0.1) is 26.4 Å². The van der Waals surface area contributed by atoms with Gasteiger partial charge in [-0.1, -0.05) is 177 Å². The van der Waals surface area contributed by atoms with E-state index in [1.165, 1.54) is 77.0 Å². The Morgan fingerprint density at radius 2 is 0.950 bits per heavy atom. The molecule has 0 spiro atoms. The van der Waals surface area contributed by atoms with Crippen LogP contribution in [0.2, 0.25) is 0 Å². The molecule has 0 saturated carbocycles. The molecule has 0 fully saturated rings. The number of ether oxygens (including phenoxy) is 2. The van der Waals surface area contributed by atoms with Crippen molar-refractivity contribution in [1.29, 1.82) is 0 Å². The Morgan fingerprint density at radius 1 is 0.533 bits per heavy atom. The van der Waals surface area contributed by atoms with E-state index >= 15 is 0 Å². The highest BCUT2D eigenvalue weighted by molar-refractivity contribution is 7.47. The van der Waals surface area contributed by atoms with Crippen LogP contribution < -0.4 is 0 Å². The van der Waals surface area contributed by atoms with E-state index in [2.05, 4.69) is 86.8 Å². The number of aliphatic hydroxyl groups is 2. The molecule has 0 aliphatic rings. The van der Waals surface area contributed by atoms with Crippen LogP contribution in [0.1, 0.15) is 194 Å². The minimum Gasteiger partial charge on any atom is -0.457 e. The summed E-state index contributed by atoms with van der Waals surface area (Å²) in [5, 5.41) is 18.4. The molecule has 60 heavy (non-hydrogen) atoms. The van der Waals surface area contributed by atoms with Crippen molar-refractivity contribution < 1.29 is 43.0 Å². The van der Waals surface area contributed by atoms with Crippen LogP contribution in [0.3, 0.4) is 0 Å². The minimum atomic E-state index is -4.53. The number of aliphatic hydroxyl groups excluding tert-OH is 2. The molecule has 0 bridgehead atoms. The summed E-state index contributed by atoms with van der Waals surface area (Å²) in [5.41, 5.74) is 0. The van der Waals surface area contributed by atoms with Gasteiger partial charge in [-0.2, -0.15) is 0 Å². The molecular weight excluding hydrogens is 776 g/mol. The van der Waals surface area contributed by atoms with Crippen LogP contribution in [0.25, 0.3) is 0 Å². The third-order valence-corrected chi connectivity index (χ3v) is 10.8. The van der Waals surface area contributed by atoms with Crippen LogP contribution >= 0.6 is 7.82 Å². The van der Waals surface area contributed by atoms with Gasteiger partial charge in [-0.15, -0.1) is 0 Å². The van der Waals surface area contributed by atoms with Crippen molar-refractivity contribution >= 4 is 13.8 Å². The van der Waals surface area contributed by atoms with Crippen LogP contribution in [-0.2, 0) is 27.9 Å². The van der Waals surface area contributed by atoms with E-state index in [0.717, 1.165) is 89.9 Å². The van der Waals surface area contributed by atoms with Crippen molar-refractivity contribution in [2.45, 2.75) is 206 Å². The average molecular weight is 865 g/mol. The van der Waals surface area contributed by atoms with Crippen molar-refractivity contribution in [3.8, 4) is 0 Å². The van der Waals surface area contributed by atoms with E-state index in [9.17, 15) is 19.4 Å². The number of hydrogen-bond acceptors (Lipinski definition) is 8. The quantitative estimate of drug-likeness (QED) is 0.0237. The largest absolute Gasteiger partial charge is 0.472 e. The molecule has 0 aromatic heterocycles. The van der Waals surface area contributed by atoms with Gasteiger partial charge in [0, 0.05) is 13.0 Å². The molecule has 0 amide bonds. The molecule has 0 aromatic carbocycles. The fourth-order valence-corrected chi connectivity index (χ4v) is 7.05. The molecule has 9 nitrogen and oxygen atoms in total. The number of allylic oxidation sites excluding steroid dienone is 12. The first-order chi connectivity index (χ1) is 29.3. The molecule has 3 atom stereocenters. The zero-order valence-corrected chi connectivity index (χ0v) is 39.1. The second-order valence-electron chi connectivity index (χ2n) is 15.7. The lowest BCUT2D eigenvalue weighted by Gasteiger charge is -2.20. The number of carbonyl (C=O) groups is 1. The summed E-state index contributed by atoms with van der Waals surface area (Å²) in [7, 11) is -4.53. The van der Waals surface area contributed by atoms with Crippen molar-refractivity contribution in [1.82, 2.24) is 0 Å². The van der Waals surface area contributed by atoms with Gasteiger partial charge >= 0.3 is 13.8 Å². The molecule has 3 N–H and O–H groups in total. The molecular formula is C50H89O9P. The Morgan fingerprint density at radius 3 is 1.43 bits per heavy atom. The second-order valence-corrected chi connectivity index (χ2v) is 17.2. The van der Waals surface area contributed by atoms with Gasteiger partial charge in [-0.3, -0.25) is 13.8 Å². The predicted molar refractivity (Wildman–Crippen MR) is 251 cm³/mol. The van der Waals surface area contributed by atoms with Gasteiger partial charge in [-0.25, -0.2) is 4.57 Å². The number of unbranched alkanes of at least 4 members (excludes halogenated alkanes) is 19. The Balaban J connectivity index is 4.16. The topological polar surface area (TPSA) is 132 Å². The summed E-state index contributed by atoms with van der Waals surface area (Å²) in [6.07, 6.45) is 55.7. The molecule has 10 heteroatoms. The van der Waals surface area contributed by atoms with Crippen LogP contribution in [0.4, 0.5) is 0 Å². The van der Waals surface area contributed by atoms with E-state index in [4.69, 9.17) is 23.6 Å². The summed E-state index contributed by atoms with van der Waals surface area (Å²) >= 11 is 0. The molecule has 348 valence electrons. The third kappa shape index (κ3) is 45.4. The van der Waals surface area contributed by atoms with E-state index in [1.807, 2.05) is 0 Å². The number of esters is 1. The Labute approximate surface area is 367 Å². The maximum atomic E-state index is 12.7. The molecule has 0 aliphatic carbocycles. The van der Waals surface area contributed by atoms with Crippen LogP contribution in [-0.4, -0.2) is 66.3 Å². The number of phosphoric acid groups is 1. The number of carbonyl (C=O) groups excluding carboxylic acids is 1. The van der Waals surface area contributed by atoms with Crippen LogP contribution in [0.15, 0.2) is 72.9 Å². The highest BCUT2D eigenvalue weighted by atomic mass is 31.2. The molecule has 3 unspecified atom stereocenters. The maximum Gasteiger partial charge on any atom is 0.472 e. The zero-order chi connectivity index (χ0) is 43.9. The average Bonchev–Trinajstić information content (AvgIpc) is 3.24. The number of rotatable bonds is 45. The van der Waals surface area contributed by atoms with Crippen LogP contribution in [0.5, 0.6) is 0 Å². The first kappa shape index (κ1) is 57.9. The van der Waals surface area contributed by atoms with Gasteiger partial charge in [0.15, 0.2) is 0 Å². The Hall–Kier alpha value is -2.10. The van der Waals surface area contributed by atoms with Crippen molar-refractivity contribution in [2.75, 3.05) is 33.0 Å². The molecule has 0 heterocycles. The highest BCUT2D eigenvalue weighted by Gasteiger charge is 2.26. The summed E-state index contributed by atoms with van der Waals surface area (Å²) in [4.78, 5) is 22.7. The fraction of sp³-hybridized carbons (Fsp3) is 0.740. The van der Waals surface area contributed by atoms with E-state index in [-0.39, 0.29) is 19.6 Å². The third-order valence-electron chi connectivity index (χ3n) is 9.88. The molecule has 0 aliphatic heterocycles. The molecule has 0 radical (unpaired) electrons. The first-order valence-electron chi connectivity index (χ1n) is 23.9. The van der Waals surface area contributed by atoms with Gasteiger partial charge < -0.3 is 24.6 Å². The molecule has 0 saturated heterocycles. The predicted octanol–water partition coefficient (Wildman–Crippen LogP) is 13.7. The minimum absolute atomic E-state index is 0.0379. The standard InChI is InChI=1S/C50H89O9P/c1-3-5-7-9-11-13-15-17-19-21-23-25-27-29-31-33-35-37-39-41-43-56-46-49(47-58-60(54,55)57-45-48(52)44-51)59-50(53)42-40-38-36-34-32-30-28-26-24-22-20-18-16-14-12-10-8-6-4-2/h6,8,11-14,17-20,24,26,48-49,51-52H,3-5,7,9-10,15-16,21-23,25,27-47H2,1-2H3,(H,54,55)/b8-6-,13-11-,14-12-,19-17-,20-18-,26-24-. The van der Waals surface area contributed by atoms with Crippen molar-refractivity contribution in [3.63, 3.8) is 0 Å². The second kappa shape index (κ2) is 46.4. The van der Waals surface area contributed by atoms with E-state index in [1.54, 1.807) is 0 Å². The Bertz CT molecular complexity index is 1160. The zero-order valence-electron chi connectivity index (χ0n) is 38.2. The van der Waals surface area contributed by atoms with Gasteiger partial charge in [0.1, 0.15) is 12.2 Å². The van der Waals surface area contributed by atoms with Crippen molar-refractivity contribution in [3.05, 3.63) is 72.9 Å². The van der Waals surface area contributed by atoms with Gasteiger partial charge in [0.2, 0.25) is 0 Å². The van der Waals surface area contributed by atoms with E-state index in [0.29, 0.717) is 13.0 Å². The lowest BCUT2D eigenvalue weighted by molar-refractivity contribution is -0.154. The summed E-state index contributed by atoms with van der Waals surface area (Å²) < 4.78 is 33.5. The number of phosphoric ester groups is 1. The summed E-state index contributed by atoms with van der Waals surface area (Å²) in [5.74, 6) is -0.399. The summed E-state index contributed by atoms with van der Waals surface area (Å²) in [6.45, 7) is 3.36. The lowest BCUT2D eigenvalue weighted by atomic mass is 10.1.